The number of fused-ring (bicyclic) bond motifs is 2. The smallest absolute Gasteiger partial charge is 0.234 e. The molecule has 19 heavy (non-hydrogen) atoms. The van der Waals surface area contributed by atoms with Gasteiger partial charge in [-0.2, -0.15) is 0 Å². The van der Waals surface area contributed by atoms with Crippen LogP contribution in [0.3, 0.4) is 0 Å². The molecule has 0 atom stereocenters. The Morgan fingerprint density at radius 3 is 2.68 bits per heavy atom. The lowest BCUT2D eigenvalue weighted by Gasteiger charge is -2.19. The van der Waals surface area contributed by atoms with Crippen molar-refractivity contribution in [2.24, 2.45) is 0 Å². The minimum atomic E-state index is -0.779. The normalized spacial score (nSPS) is 16.9. The van der Waals surface area contributed by atoms with Gasteiger partial charge in [-0.05, 0) is 13.0 Å². The molecule has 0 saturated heterocycles. The number of hydrogen-bond acceptors (Lipinski definition) is 6. The number of ether oxygens (including phenoxy) is 2. The van der Waals surface area contributed by atoms with Gasteiger partial charge in [0.25, 0.3) is 0 Å². The molecule has 98 valence electrons. The van der Waals surface area contributed by atoms with Crippen LogP contribution >= 0.6 is 0 Å². The maximum Gasteiger partial charge on any atom is 0.234 e. The molecule has 0 fully saturated rings. The number of rotatable bonds is 1. The van der Waals surface area contributed by atoms with Crippen LogP contribution < -0.4 is 9.47 Å². The van der Waals surface area contributed by atoms with E-state index in [2.05, 4.69) is 0 Å². The van der Waals surface area contributed by atoms with Crippen LogP contribution in [-0.4, -0.2) is 28.6 Å². The van der Waals surface area contributed by atoms with E-state index in [0.29, 0.717) is 5.75 Å². The molecule has 6 nitrogen and oxygen atoms in total. The molecule has 0 unspecified atom stereocenters. The van der Waals surface area contributed by atoms with Crippen molar-refractivity contribution in [3.8, 4) is 11.5 Å². The van der Waals surface area contributed by atoms with Crippen LogP contribution in [0.15, 0.2) is 11.6 Å². The minimum Gasteiger partial charge on any atom is -0.507 e. The van der Waals surface area contributed by atoms with E-state index >= 15 is 0 Å². The third-order valence-electron chi connectivity index (χ3n) is 3.30. The highest BCUT2D eigenvalue weighted by Gasteiger charge is 2.36. The summed E-state index contributed by atoms with van der Waals surface area (Å²) in [5, 5.41) is 19.4. The van der Waals surface area contributed by atoms with Crippen LogP contribution in [0.4, 0.5) is 0 Å². The summed E-state index contributed by atoms with van der Waals surface area (Å²) in [6.07, 6.45) is 0. The summed E-state index contributed by atoms with van der Waals surface area (Å²) in [5.41, 5.74) is 0.331. The summed E-state index contributed by atoms with van der Waals surface area (Å²) in [4.78, 5) is 23.8. The van der Waals surface area contributed by atoms with Gasteiger partial charge in [-0.25, -0.2) is 0 Å². The maximum absolute atomic E-state index is 12.0. The first-order valence-electron chi connectivity index (χ1n) is 5.61. The second-order valence-corrected chi connectivity index (χ2v) is 4.30. The van der Waals surface area contributed by atoms with Crippen molar-refractivity contribution >= 4 is 17.3 Å². The lowest BCUT2D eigenvalue weighted by atomic mass is 9.85. The van der Waals surface area contributed by atoms with Gasteiger partial charge in [0, 0.05) is 22.3 Å². The maximum atomic E-state index is 12.0. The van der Waals surface area contributed by atoms with Crippen LogP contribution in [-0.2, 0) is 11.4 Å². The second-order valence-electron chi connectivity index (χ2n) is 4.30. The number of hydrogen-bond donors (Lipinski definition) is 2. The van der Waals surface area contributed by atoms with E-state index < -0.39 is 18.2 Å². The Bertz CT molecular complexity index is 656. The number of benzene rings is 1. The third-order valence-corrected chi connectivity index (χ3v) is 3.30. The molecule has 0 spiro atoms. The Labute approximate surface area is 107 Å². The molecule has 3 rings (SSSR count). The molecule has 1 aliphatic heterocycles. The molecule has 6 heteroatoms. The number of aliphatic hydroxyl groups is 2. The Balaban J connectivity index is 2.39. The van der Waals surface area contributed by atoms with Gasteiger partial charge in [0.2, 0.25) is 18.4 Å². The Morgan fingerprint density at radius 1 is 1.26 bits per heavy atom. The quantitative estimate of drug-likeness (QED) is 0.732. The highest BCUT2D eigenvalue weighted by Crippen LogP contribution is 2.43. The number of ketones is 2. The molecule has 0 bridgehead atoms. The molecule has 2 N–H and O–H groups in total. The summed E-state index contributed by atoms with van der Waals surface area (Å²) >= 11 is 0. The molecule has 0 amide bonds. The van der Waals surface area contributed by atoms with E-state index in [1.165, 1.54) is 13.0 Å². The van der Waals surface area contributed by atoms with Gasteiger partial charge in [-0.15, -0.1) is 0 Å². The Kier molecular flexibility index (Phi) is 2.36. The van der Waals surface area contributed by atoms with Crippen LogP contribution in [0.5, 0.6) is 11.5 Å². The SMILES string of the molecule is CC1=C(O)c2cc3c(c(CO)c2C(=O)C1=O)OCO3. The van der Waals surface area contributed by atoms with Crippen LogP contribution in [0.2, 0.25) is 0 Å². The van der Waals surface area contributed by atoms with E-state index in [0.717, 1.165) is 0 Å². The van der Waals surface area contributed by atoms with E-state index in [1.807, 2.05) is 0 Å². The molecule has 1 heterocycles. The molecule has 1 aliphatic carbocycles. The number of carbonyl (C=O) groups excluding carboxylic acids is 2. The van der Waals surface area contributed by atoms with Crippen molar-refractivity contribution in [3.05, 3.63) is 28.3 Å². The van der Waals surface area contributed by atoms with E-state index in [9.17, 15) is 19.8 Å². The first kappa shape index (κ1) is 11.7. The van der Waals surface area contributed by atoms with Gasteiger partial charge in [-0.3, -0.25) is 9.59 Å². The number of Topliss-reactive ketones (excluding diaryl/α,β-unsaturated/α-hetero) is 2. The molecular formula is C13H10O6. The minimum absolute atomic E-state index is 0.0137. The van der Waals surface area contributed by atoms with Gasteiger partial charge in [0.1, 0.15) is 5.76 Å². The number of aliphatic hydroxyl groups excluding tert-OH is 2. The van der Waals surface area contributed by atoms with Gasteiger partial charge in [-0.1, -0.05) is 0 Å². The Morgan fingerprint density at radius 2 is 2.00 bits per heavy atom. The highest BCUT2D eigenvalue weighted by atomic mass is 16.7. The first-order chi connectivity index (χ1) is 9.06. The zero-order valence-corrected chi connectivity index (χ0v) is 10.0. The fraction of sp³-hybridized carbons (Fsp3) is 0.231. The van der Waals surface area contributed by atoms with Crippen molar-refractivity contribution in [2.75, 3.05) is 6.79 Å². The summed E-state index contributed by atoms with van der Waals surface area (Å²) in [7, 11) is 0. The topological polar surface area (TPSA) is 93.1 Å². The molecule has 0 aromatic heterocycles. The molecule has 1 aromatic rings. The zero-order valence-electron chi connectivity index (χ0n) is 10.0. The zero-order chi connectivity index (χ0) is 13.7. The van der Waals surface area contributed by atoms with E-state index in [1.54, 1.807) is 0 Å². The predicted molar refractivity (Wildman–Crippen MR) is 63.0 cm³/mol. The van der Waals surface area contributed by atoms with Gasteiger partial charge in [0.15, 0.2) is 11.5 Å². The molecular weight excluding hydrogens is 252 g/mol. The van der Waals surface area contributed by atoms with Crippen molar-refractivity contribution in [2.45, 2.75) is 13.5 Å². The van der Waals surface area contributed by atoms with Gasteiger partial charge < -0.3 is 19.7 Å². The first-order valence-corrected chi connectivity index (χ1v) is 5.61. The summed E-state index contributed by atoms with van der Waals surface area (Å²) in [6.45, 7) is 0.860. The number of allylic oxidation sites excluding steroid dienone is 1. The van der Waals surface area contributed by atoms with Crippen molar-refractivity contribution in [1.82, 2.24) is 0 Å². The van der Waals surface area contributed by atoms with E-state index in [-0.39, 0.29) is 40.6 Å². The monoisotopic (exact) mass is 262 g/mol. The molecule has 0 saturated carbocycles. The van der Waals surface area contributed by atoms with Crippen molar-refractivity contribution < 1.29 is 29.3 Å². The summed E-state index contributed by atoms with van der Waals surface area (Å²) in [5.74, 6) is -1.22. The predicted octanol–water partition coefficient (Wildman–Crippen LogP) is 0.962. The third kappa shape index (κ3) is 1.40. The van der Waals surface area contributed by atoms with E-state index in [4.69, 9.17) is 9.47 Å². The van der Waals surface area contributed by atoms with Crippen LogP contribution in [0.25, 0.3) is 5.76 Å². The summed E-state index contributed by atoms with van der Waals surface area (Å²) in [6, 6.07) is 1.44. The van der Waals surface area contributed by atoms with Crippen LogP contribution in [0.1, 0.15) is 28.4 Å². The second kappa shape index (κ2) is 3.83. The molecule has 0 radical (unpaired) electrons. The lowest BCUT2D eigenvalue weighted by Crippen LogP contribution is -2.24. The van der Waals surface area contributed by atoms with Gasteiger partial charge in [0.05, 0.1) is 6.61 Å². The van der Waals surface area contributed by atoms with Crippen molar-refractivity contribution in [1.29, 1.82) is 0 Å². The average Bonchev–Trinajstić information content (AvgIpc) is 2.88. The fourth-order valence-corrected chi connectivity index (χ4v) is 2.30. The number of carbonyl (C=O) groups is 2. The largest absolute Gasteiger partial charge is 0.507 e. The van der Waals surface area contributed by atoms with Gasteiger partial charge >= 0.3 is 0 Å². The summed E-state index contributed by atoms with van der Waals surface area (Å²) < 4.78 is 10.4. The standard InChI is InChI=1S/C13H10O6/c1-5-10(15)6-2-8-13(19-4-18-8)7(3-14)9(6)12(17)11(5)16/h2,14-15H,3-4H2,1H3. The van der Waals surface area contributed by atoms with Crippen LogP contribution in [0, 0.1) is 0 Å². The molecule has 1 aromatic carbocycles. The fourth-order valence-electron chi connectivity index (χ4n) is 2.30. The Hall–Kier alpha value is -2.34. The van der Waals surface area contributed by atoms with Crippen molar-refractivity contribution in [3.63, 3.8) is 0 Å². The lowest BCUT2D eigenvalue weighted by molar-refractivity contribution is -0.111. The molecule has 2 aliphatic rings. The highest BCUT2D eigenvalue weighted by molar-refractivity contribution is 6.52. The average molecular weight is 262 g/mol.